The van der Waals surface area contributed by atoms with Crippen molar-refractivity contribution in [2.45, 2.75) is 75.8 Å². The third kappa shape index (κ3) is 8.96. The van der Waals surface area contributed by atoms with Gasteiger partial charge in [0.2, 0.25) is 0 Å². The number of anilines is 1. The number of ether oxygens (including phenoxy) is 5. The van der Waals surface area contributed by atoms with Crippen LogP contribution in [0.2, 0.25) is 0 Å². The van der Waals surface area contributed by atoms with Crippen LogP contribution in [0.1, 0.15) is 73.3 Å². The fourth-order valence-electron chi connectivity index (χ4n) is 9.06. The van der Waals surface area contributed by atoms with E-state index in [-0.39, 0.29) is 24.8 Å². The highest BCUT2D eigenvalue weighted by atomic mass is 31.2. The molecule has 2 N–H and O–H groups in total. The van der Waals surface area contributed by atoms with Gasteiger partial charge >= 0.3 is 0 Å². The van der Waals surface area contributed by atoms with E-state index in [1.54, 1.807) is 68.2 Å². The summed E-state index contributed by atoms with van der Waals surface area (Å²) >= 11 is 0. The second-order valence-electron chi connectivity index (χ2n) is 16.2. The van der Waals surface area contributed by atoms with Crippen LogP contribution in [0.25, 0.3) is 11.2 Å². The monoisotopic (exact) mass is 887 g/mol. The molecule has 15 nitrogen and oxygen atoms in total. The maximum absolute atomic E-state index is 13.6. The third-order valence-corrected chi connectivity index (χ3v) is 13.3. The van der Waals surface area contributed by atoms with E-state index in [4.69, 9.17) is 28.7 Å². The van der Waals surface area contributed by atoms with E-state index < -0.39 is 44.2 Å². The van der Waals surface area contributed by atoms with Crippen LogP contribution in [-0.2, 0) is 19.8 Å². The lowest BCUT2D eigenvalue weighted by Gasteiger charge is -2.46. The lowest BCUT2D eigenvalue weighted by atomic mass is 9.79. The molecule has 2 aromatic heterocycles. The Labute approximate surface area is 374 Å². The Hall–Kier alpha value is -5.82. The van der Waals surface area contributed by atoms with Gasteiger partial charge in [-0.15, -0.1) is 0 Å². The van der Waals surface area contributed by atoms with Gasteiger partial charge in [-0.05, 0) is 86.7 Å². The summed E-state index contributed by atoms with van der Waals surface area (Å²) in [5.74, 6) is 0.711. The molecule has 64 heavy (non-hydrogen) atoms. The molecule has 1 aliphatic rings. The van der Waals surface area contributed by atoms with Crippen molar-refractivity contribution in [1.82, 2.24) is 24.2 Å². The number of nitriles is 1. The number of nitrogens with zero attached hydrogens (tertiary/aromatic N) is 7. The number of carbonyl (C=O) groups excluding carboxylic acids is 1. The van der Waals surface area contributed by atoms with Gasteiger partial charge in [0.25, 0.3) is 14.4 Å². The van der Waals surface area contributed by atoms with Crippen LogP contribution >= 0.6 is 8.53 Å². The number of hydrogen-bond acceptors (Lipinski definition) is 13. The van der Waals surface area contributed by atoms with Crippen molar-refractivity contribution in [2.75, 3.05) is 33.3 Å². The van der Waals surface area contributed by atoms with Gasteiger partial charge in [0.05, 0.1) is 26.6 Å². The normalized spacial score (nSPS) is 18.6. The van der Waals surface area contributed by atoms with Gasteiger partial charge in [0, 0.05) is 43.6 Å². The zero-order valence-electron chi connectivity index (χ0n) is 37.0. The van der Waals surface area contributed by atoms with E-state index in [2.05, 4.69) is 16.0 Å². The highest BCUT2D eigenvalue weighted by Crippen LogP contribution is 2.52. The summed E-state index contributed by atoms with van der Waals surface area (Å²) in [5.41, 5.74) is 1.27. The topological polar surface area (TPSA) is 178 Å². The summed E-state index contributed by atoms with van der Waals surface area (Å²) in [4.78, 5) is 51.0. The number of amides is 1. The van der Waals surface area contributed by atoms with Crippen LogP contribution < -0.4 is 14.4 Å². The molecule has 3 heterocycles. The molecule has 4 aromatic carbocycles. The van der Waals surface area contributed by atoms with Gasteiger partial charge in [-0.1, -0.05) is 72.8 Å². The Bertz CT molecular complexity index is 2470. The average Bonchev–Trinajstić information content (AvgIpc) is 3.90. The fraction of sp³-hybridized carbons (Fsp3) is 0.354. The van der Waals surface area contributed by atoms with Crippen molar-refractivity contribution >= 4 is 31.4 Å². The Morgan fingerprint density at radius 2 is 1.45 bits per heavy atom. The third-order valence-electron chi connectivity index (χ3n) is 12.0. The van der Waals surface area contributed by atoms with Crippen molar-refractivity contribution in [3.63, 3.8) is 0 Å². The first-order valence-electron chi connectivity index (χ1n) is 21.0. The van der Waals surface area contributed by atoms with Crippen molar-refractivity contribution in [2.24, 2.45) is 5.92 Å². The first-order valence-corrected chi connectivity index (χ1v) is 22.2. The molecule has 1 amide bonds. The molecule has 1 saturated heterocycles. The highest BCUT2D eigenvalue weighted by Gasteiger charge is 2.55. The number of rotatable bonds is 18. The molecule has 1 fully saturated rings. The number of carbonyl (C=O) groups is 1. The van der Waals surface area contributed by atoms with Gasteiger partial charge in [0.1, 0.15) is 29.5 Å². The van der Waals surface area contributed by atoms with Crippen molar-refractivity contribution in [3.05, 3.63) is 144 Å². The molecule has 1 aliphatic heterocycles. The maximum atomic E-state index is 13.6. The minimum Gasteiger partial charge on any atom is -0.497 e. The van der Waals surface area contributed by atoms with E-state index in [9.17, 15) is 19.8 Å². The van der Waals surface area contributed by atoms with E-state index in [0.29, 0.717) is 40.5 Å². The van der Waals surface area contributed by atoms with Gasteiger partial charge in [0.15, 0.2) is 29.5 Å². The zero-order valence-corrected chi connectivity index (χ0v) is 37.9. The molecule has 334 valence electrons. The zero-order chi connectivity index (χ0) is 45.6. The van der Waals surface area contributed by atoms with Crippen LogP contribution in [0.3, 0.4) is 0 Å². The first kappa shape index (κ1) is 46.2. The Balaban J connectivity index is 1.42. The second-order valence-corrected chi connectivity index (χ2v) is 17.2. The summed E-state index contributed by atoms with van der Waals surface area (Å²) in [6.45, 7) is 5.72. The summed E-state index contributed by atoms with van der Waals surface area (Å²) in [7, 11) is 3.87. The first-order chi connectivity index (χ1) is 30.9. The fourth-order valence-corrected chi connectivity index (χ4v) is 10.1. The van der Waals surface area contributed by atoms with E-state index in [1.807, 2.05) is 106 Å². The van der Waals surface area contributed by atoms with Crippen LogP contribution in [0.4, 0.5) is 5.82 Å². The van der Waals surface area contributed by atoms with E-state index >= 15 is 0 Å². The van der Waals surface area contributed by atoms with Crippen LogP contribution in [0.5, 0.6) is 11.5 Å². The summed E-state index contributed by atoms with van der Waals surface area (Å²) in [6.07, 6.45) is 0.917. The van der Waals surface area contributed by atoms with Gasteiger partial charge in [-0.2, -0.15) is 5.26 Å². The lowest BCUT2D eigenvalue weighted by Crippen LogP contribution is -2.50. The average molecular weight is 888 g/mol. The predicted molar refractivity (Wildman–Crippen MR) is 242 cm³/mol. The number of hydrogen-bond donors (Lipinski definition) is 2. The quantitative estimate of drug-likeness (QED) is 0.0628. The SMILES string of the molecule is COc1ccc(C(O[C@H]2O[C@@H](n3cnc4c(N(C)C(=O)c5ccccc5)ncnc43)[C@H](OC)[C@@H]2CC(C)(CCC#N)N(C(C)C)P(O)O)(c2ccccc2)c2ccc(OC)cc2)cc1. The molecule has 0 bridgehead atoms. The summed E-state index contributed by atoms with van der Waals surface area (Å²) in [5, 5.41) is 9.91. The summed E-state index contributed by atoms with van der Waals surface area (Å²) < 4.78 is 35.9. The molecule has 0 radical (unpaired) electrons. The van der Waals surface area contributed by atoms with Gasteiger partial charge in [-0.25, -0.2) is 19.6 Å². The molecule has 16 heteroatoms. The number of fused-ring (bicyclic) bond motifs is 1. The van der Waals surface area contributed by atoms with Gasteiger partial charge in [-0.3, -0.25) is 14.3 Å². The van der Waals surface area contributed by atoms with E-state index in [1.165, 1.54) is 11.2 Å². The highest BCUT2D eigenvalue weighted by molar-refractivity contribution is 7.42. The Morgan fingerprint density at radius 3 is 1.98 bits per heavy atom. The Morgan fingerprint density at radius 1 is 0.875 bits per heavy atom. The predicted octanol–water partition coefficient (Wildman–Crippen LogP) is 7.99. The number of methoxy groups -OCH3 is 3. The number of imidazole rings is 1. The summed E-state index contributed by atoms with van der Waals surface area (Å²) in [6, 6.07) is 36.1. The Kier molecular flexibility index (Phi) is 14.4. The van der Waals surface area contributed by atoms with Crippen LogP contribution in [0, 0.1) is 17.2 Å². The molecule has 1 unspecified atom stereocenters. The molecule has 0 spiro atoms. The molecular weight excluding hydrogens is 834 g/mol. The number of benzene rings is 4. The molecule has 0 saturated carbocycles. The van der Waals surface area contributed by atoms with Gasteiger partial charge < -0.3 is 33.5 Å². The molecule has 6 aromatic rings. The minimum atomic E-state index is -2.60. The van der Waals surface area contributed by atoms with Crippen LogP contribution in [-0.4, -0.2) is 92.2 Å². The molecule has 0 aliphatic carbocycles. The van der Waals surface area contributed by atoms with Crippen molar-refractivity contribution < 1.29 is 38.3 Å². The lowest BCUT2D eigenvalue weighted by molar-refractivity contribution is -0.208. The van der Waals surface area contributed by atoms with Crippen molar-refractivity contribution in [1.29, 1.82) is 5.26 Å². The smallest absolute Gasteiger partial charge is 0.259 e. The molecular formula is C48H54N7O8P. The van der Waals surface area contributed by atoms with E-state index in [0.717, 1.165) is 16.7 Å². The minimum absolute atomic E-state index is 0.149. The maximum Gasteiger partial charge on any atom is 0.259 e. The van der Waals surface area contributed by atoms with Crippen LogP contribution in [0.15, 0.2) is 122 Å². The second kappa shape index (κ2) is 19.9. The molecule has 7 rings (SSSR count). The standard InChI is InChI=1S/C48H54N7O8P/c1-32(2)55(64(57)58)47(3,27-14-28-49)29-39-41(61-7)45(54-31-52-40-42(50-30-51-43(40)54)53(4)44(56)33-15-10-8-11-16-33)62-46(39)63-48(34-17-12-9-13-18-34,35-19-23-37(59-5)24-20-35)36-21-25-38(60-6)26-22-36/h8-13,15-26,30-32,39,41,45-46,57-58H,14,27,29H2,1-7H3/t39-,41+,45+,46+,47?/m0/s1. The largest absolute Gasteiger partial charge is 0.497 e. The molecule has 5 atom stereocenters. The van der Waals surface area contributed by atoms with Crippen molar-refractivity contribution in [3.8, 4) is 17.6 Å². The number of aromatic nitrogens is 4.